The molecule has 0 saturated carbocycles. The summed E-state index contributed by atoms with van der Waals surface area (Å²) in [6.07, 6.45) is 1.46. The van der Waals surface area contributed by atoms with Crippen LogP contribution in [0.1, 0.15) is 11.3 Å². The molecule has 16 heavy (non-hydrogen) atoms. The number of aromatic nitrogens is 2. The third-order valence-corrected chi connectivity index (χ3v) is 3.20. The number of nitrogens with zero attached hydrogens (tertiary/aromatic N) is 2. The highest BCUT2D eigenvalue weighted by Crippen LogP contribution is 2.31. The van der Waals surface area contributed by atoms with E-state index < -0.39 is 0 Å². The molecule has 2 aromatic heterocycles. The van der Waals surface area contributed by atoms with Crippen molar-refractivity contribution in [2.75, 3.05) is 0 Å². The van der Waals surface area contributed by atoms with Crippen molar-refractivity contribution in [3.63, 3.8) is 0 Å². The van der Waals surface area contributed by atoms with Crippen LogP contribution in [0.5, 0.6) is 0 Å². The second-order valence-electron chi connectivity index (χ2n) is 3.79. The topological polar surface area (TPSA) is 38.9 Å². The van der Waals surface area contributed by atoms with Crippen molar-refractivity contribution >= 4 is 33.5 Å². The fourth-order valence-corrected chi connectivity index (χ4v) is 2.09. The van der Waals surface area contributed by atoms with Gasteiger partial charge in [0.05, 0.1) is 0 Å². The molecule has 3 aromatic rings. The summed E-state index contributed by atoms with van der Waals surface area (Å²) < 4.78 is 5.72. The quantitative estimate of drug-likeness (QED) is 0.556. The Labute approximate surface area is 97.1 Å². The van der Waals surface area contributed by atoms with E-state index in [0.717, 1.165) is 33.2 Å². The minimum Gasteiger partial charge on any atom is -0.459 e. The molecule has 1 aromatic carbocycles. The molecule has 0 aliphatic carbocycles. The van der Waals surface area contributed by atoms with Crippen LogP contribution in [0.4, 0.5) is 0 Å². The second kappa shape index (κ2) is 3.19. The Morgan fingerprint density at radius 2 is 1.88 bits per heavy atom. The minimum absolute atomic E-state index is 0.457. The van der Waals surface area contributed by atoms with Gasteiger partial charge in [0.15, 0.2) is 5.58 Å². The number of fused-ring (bicyclic) bond motifs is 3. The molecular formula is C12H9ClN2O. The molecule has 0 aliphatic heterocycles. The van der Waals surface area contributed by atoms with Gasteiger partial charge in [0.2, 0.25) is 0 Å². The lowest BCUT2D eigenvalue weighted by atomic mass is 10.1. The Balaban J connectivity index is 2.60. The van der Waals surface area contributed by atoms with Crippen molar-refractivity contribution in [1.82, 2.24) is 9.97 Å². The van der Waals surface area contributed by atoms with E-state index in [1.54, 1.807) is 0 Å². The Bertz CT molecular complexity index is 703. The van der Waals surface area contributed by atoms with Crippen molar-refractivity contribution in [2.24, 2.45) is 0 Å². The first-order chi connectivity index (χ1) is 7.68. The van der Waals surface area contributed by atoms with Gasteiger partial charge in [-0.25, -0.2) is 9.97 Å². The summed E-state index contributed by atoms with van der Waals surface area (Å²) in [4.78, 5) is 8.19. The number of halogens is 1. The zero-order valence-corrected chi connectivity index (χ0v) is 9.67. The molecule has 0 aliphatic rings. The average molecular weight is 233 g/mol. The SMILES string of the molecule is Cc1oc2c(ccc3c(Cl)ncnc32)c1C. The van der Waals surface area contributed by atoms with E-state index in [2.05, 4.69) is 9.97 Å². The summed E-state index contributed by atoms with van der Waals surface area (Å²) in [7, 11) is 0. The number of aryl methyl sites for hydroxylation is 2. The van der Waals surface area contributed by atoms with Crippen molar-refractivity contribution in [3.8, 4) is 0 Å². The van der Waals surface area contributed by atoms with E-state index in [-0.39, 0.29) is 0 Å². The van der Waals surface area contributed by atoms with Crippen molar-refractivity contribution < 1.29 is 4.42 Å². The molecule has 3 nitrogen and oxygen atoms in total. The minimum atomic E-state index is 0.457. The summed E-state index contributed by atoms with van der Waals surface area (Å²) in [6.45, 7) is 3.99. The van der Waals surface area contributed by atoms with Gasteiger partial charge in [0, 0.05) is 10.8 Å². The summed E-state index contributed by atoms with van der Waals surface area (Å²) in [5, 5.41) is 2.36. The molecule has 80 valence electrons. The summed E-state index contributed by atoms with van der Waals surface area (Å²) in [5.74, 6) is 0.914. The third kappa shape index (κ3) is 1.15. The van der Waals surface area contributed by atoms with Gasteiger partial charge in [-0.15, -0.1) is 0 Å². The summed E-state index contributed by atoms with van der Waals surface area (Å²) >= 11 is 6.01. The maximum absolute atomic E-state index is 6.01. The van der Waals surface area contributed by atoms with E-state index >= 15 is 0 Å². The largest absolute Gasteiger partial charge is 0.459 e. The van der Waals surface area contributed by atoms with Crippen molar-refractivity contribution in [1.29, 1.82) is 0 Å². The molecule has 0 N–H and O–H groups in total. The molecule has 0 amide bonds. The molecule has 0 bridgehead atoms. The Morgan fingerprint density at radius 3 is 2.69 bits per heavy atom. The number of hydrogen-bond donors (Lipinski definition) is 0. The predicted molar refractivity (Wildman–Crippen MR) is 63.8 cm³/mol. The van der Waals surface area contributed by atoms with Gasteiger partial charge in [0.25, 0.3) is 0 Å². The Kier molecular flexibility index (Phi) is 1.91. The average Bonchev–Trinajstić information content (AvgIpc) is 2.56. The molecule has 0 atom stereocenters. The molecule has 0 saturated heterocycles. The maximum Gasteiger partial charge on any atom is 0.160 e. The van der Waals surface area contributed by atoms with E-state index in [1.807, 2.05) is 26.0 Å². The predicted octanol–water partition coefficient (Wildman–Crippen LogP) is 3.65. The van der Waals surface area contributed by atoms with Crippen LogP contribution < -0.4 is 0 Å². The van der Waals surface area contributed by atoms with Crippen LogP contribution >= 0.6 is 11.6 Å². The fraction of sp³-hybridized carbons (Fsp3) is 0.167. The first-order valence-electron chi connectivity index (χ1n) is 4.97. The van der Waals surface area contributed by atoms with E-state index in [1.165, 1.54) is 6.33 Å². The van der Waals surface area contributed by atoms with Crippen LogP contribution in [0.2, 0.25) is 5.15 Å². The first-order valence-corrected chi connectivity index (χ1v) is 5.35. The molecule has 0 fully saturated rings. The summed E-state index contributed by atoms with van der Waals surface area (Å²) in [6, 6.07) is 3.93. The molecule has 4 heteroatoms. The fourth-order valence-electron chi connectivity index (χ4n) is 1.89. The van der Waals surface area contributed by atoms with E-state index in [9.17, 15) is 0 Å². The lowest BCUT2D eigenvalue weighted by molar-refractivity contribution is 0.577. The van der Waals surface area contributed by atoms with E-state index in [4.69, 9.17) is 16.0 Å². The standard InChI is InChI=1S/C12H9ClN2O/c1-6-7(2)16-11-8(6)3-4-9-10(11)14-5-15-12(9)13/h3-5H,1-2H3. The van der Waals surface area contributed by atoms with E-state index in [0.29, 0.717) is 5.15 Å². The zero-order valence-electron chi connectivity index (χ0n) is 8.91. The van der Waals surface area contributed by atoms with Crippen LogP contribution in [-0.2, 0) is 0 Å². The van der Waals surface area contributed by atoms with Gasteiger partial charge in [0.1, 0.15) is 22.8 Å². The lowest BCUT2D eigenvalue weighted by Gasteiger charge is -1.98. The van der Waals surface area contributed by atoms with Crippen molar-refractivity contribution in [3.05, 3.63) is 34.9 Å². The molecule has 3 rings (SSSR count). The Morgan fingerprint density at radius 1 is 1.12 bits per heavy atom. The van der Waals surface area contributed by atoms with Gasteiger partial charge in [-0.2, -0.15) is 0 Å². The molecule has 0 radical (unpaired) electrons. The van der Waals surface area contributed by atoms with Gasteiger partial charge >= 0.3 is 0 Å². The molecule has 0 spiro atoms. The van der Waals surface area contributed by atoms with Gasteiger partial charge in [-0.3, -0.25) is 0 Å². The van der Waals surface area contributed by atoms with Crippen LogP contribution in [0.3, 0.4) is 0 Å². The van der Waals surface area contributed by atoms with Crippen LogP contribution in [0.25, 0.3) is 21.9 Å². The first kappa shape index (κ1) is 9.60. The smallest absolute Gasteiger partial charge is 0.160 e. The van der Waals surface area contributed by atoms with Crippen LogP contribution in [-0.4, -0.2) is 9.97 Å². The number of furan rings is 1. The van der Waals surface area contributed by atoms with Crippen molar-refractivity contribution in [2.45, 2.75) is 13.8 Å². The van der Waals surface area contributed by atoms with Gasteiger partial charge in [-0.05, 0) is 31.5 Å². The lowest BCUT2D eigenvalue weighted by Crippen LogP contribution is -1.83. The van der Waals surface area contributed by atoms with Crippen LogP contribution in [0.15, 0.2) is 22.9 Å². The van der Waals surface area contributed by atoms with Gasteiger partial charge < -0.3 is 4.42 Å². The molecule has 0 unspecified atom stereocenters. The summed E-state index contributed by atoms with van der Waals surface area (Å²) in [5.41, 5.74) is 2.71. The van der Waals surface area contributed by atoms with Crippen LogP contribution in [0, 0.1) is 13.8 Å². The number of rotatable bonds is 0. The highest BCUT2D eigenvalue weighted by atomic mass is 35.5. The second-order valence-corrected chi connectivity index (χ2v) is 4.14. The number of benzene rings is 1. The highest BCUT2D eigenvalue weighted by molar-refractivity contribution is 6.34. The normalized spacial score (nSPS) is 11.4. The zero-order chi connectivity index (χ0) is 11.3. The monoisotopic (exact) mass is 232 g/mol. The number of hydrogen-bond acceptors (Lipinski definition) is 3. The molecular weight excluding hydrogens is 224 g/mol. The third-order valence-electron chi connectivity index (χ3n) is 2.90. The Hall–Kier alpha value is -1.61. The maximum atomic E-state index is 6.01. The van der Waals surface area contributed by atoms with Gasteiger partial charge in [-0.1, -0.05) is 11.6 Å². The highest BCUT2D eigenvalue weighted by Gasteiger charge is 2.12. The molecule has 2 heterocycles.